The van der Waals surface area contributed by atoms with E-state index in [1.165, 1.54) is 5.56 Å². The second-order valence-corrected chi connectivity index (χ2v) is 2.65. The molecule has 0 saturated carbocycles. The molecule has 0 fully saturated rings. The first kappa shape index (κ1) is 7.79. The smallest absolute Gasteiger partial charge is 0.200 e. The van der Waals surface area contributed by atoms with Crippen LogP contribution >= 0.6 is 0 Å². The van der Waals surface area contributed by atoms with Crippen molar-refractivity contribution in [3.63, 3.8) is 0 Å². The number of hydrogen-bond acceptors (Lipinski definition) is 3. The predicted molar refractivity (Wildman–Crippen MR) is 50.2 cm³/mol. The maximum absolute atomic E-state index is 4.05. The van der Waals surface area contributed by atoms with Gasteiger partial charge in [-0.2, -0.15) is 0 Å². The van der Waals surface area contributed by atoms with E-state index in [4.69, 9.17) is 0 Å². The molecule has 0 unspecified atom stereocenters. The number of rotatable bonds is 3. The van der Waals surface area contributed by atoms with Gasteiger partial charge in [0.1, 0.15) is 0 Å². The quantitative estimate of drug-likeness (QED) is 0.739. The standard InChI is InChI=1S/C9H10N4/c1-3-10-4-2-8(1)7-13-9-11-5-6-12-9/h1-6H,7H2,(H2,11,12,13). The fraction of sp³-hybridized carbons (Fsp3) is 0.111. The summed E-state index contributed by atoms with van der Waals surface area (Å²) in [7, 11) is 0. The third-order valence-corrected chi connectivity index (χ3v) is 1.71. The molecule has 0 aliphatic carbocycles. The van der Waals surface area contributed by atoms with Crippen LogP contribution in [0.15, 0.2) is 36.9 Å². The van der Waals surface area contributed by atoms with Gasteiger partial charge in [0.05, 0.1) is 0 Å². The number of nitrogens with one attached hydrogen (secondary N) is 2. The molecule has 4 nitrogen and oxygen atoms in total. The minimum Gasteiger partial charge on any atom is -0.352 e. The Kier molecular flexibility index (Phi) is 2.22. The molecule has 0 radical (unpaired) electrons. The van der Waals surface area contributed by atoms with Crippen LogP contribution in [0.4, 0.5) is 5.95 Å². The minimum absolute atomic E-state index is 0.760. The molecule has 0 atom stereocenters. The van der Waals surface area contributed by atoms with Crippen molar-refractivity contribution < 1.29 is 0 Å². The number of aromatic nitrogens is 3. The summed E-state index contributed by atoms with van der Waals surface area (Å²) in [5.74, 6) is 0.789. The fourth-order valence-corrected chi connectivity index (χ4v) is 1.05. The van der Waals surface area contributed by atoms with Crippen LogP contribution in [0, 0.1) is 0 Å². The zero-order chi connectivity index (χ0) is 8.93. The van der Waals surface area contributed by atoms with Crippen molar-refractivity contribution in [3.8, 4) is 0 Å². The molecule has 0 spiro atoms. The Labute approximate surface area is 76.1 Å². The zero-order valence-electron chi connectivity index (χ0n) is 7.07. The summed E-state index contributed by atoms with van der Waals surface area (Å²) in [4.78, 5) is 11.0. The monoisotopic (exact) mass is 174 g/mol. The summed E-state index contributed by atoms with van der Waals surface area (Å²) in [6.45, 7) is 0.760. The van der Waals surface area contributed by atoms with Crippen LogP contribution in [0.25, 0.3) is 0 Å². The third-order valence-electron chi connectivity index (χ3n) is 1.71. The summed E-state index contributed by atoms with van der Waals surface area (Å²) in [6, 6.07) is 3.94. The van der Waals surface area contributed by atoms with Gasteiger partial charge in [0, 0.05) is 31.3 Å². The first-order valence-electron chi connectivity index (χ1n) is 4.07. The molecule has 2 N–H and O–H groups in total. The van der Waals surface area contributed by atoms with Gasteiger partial charge < -0.3 is 10.3 Å². The summed E-state index contributed by atoms with van der Waals surface area (Å²) in [6.07, 6.45) is 7.06. The molecule has 2 rings (SSSR count). The van der Waals surface area contributed by atoms with Crippen LogP contribution in [-0.4, -0.2) is 15.0 Å². The molecule has 0 amide bonds. The number of hydrogen-bond donors (Lipinski definition) is 2. The van der Waals surface area contributed by atoms with Gasteiger partial charge in [-0.05, 0) is 17.7 Å². The molecule has 2 aromatic rings. The normalized spacial score (nSPS) is 9.85. The second kappa shape index (κ2) is 3.71. The lowest BCUT2D eigenvalue weighted by Gasteiger charge is -2.01. The Morgan fingerprint density at radius 3 is 2.77 bits per heavy atom. The second-order valence-electron chi connectivity index (χ2n) is 2.65. The van der Waals surface area contributed by atoms with Gasteiger partial charge in [-0.1, -0.05) is 0 Å². The Hall–Kier alpha value is -1.84. The average molecular weight is 174 g/mol. The highest BCUT2D eigenvalue weighted by Gasteiger charge is 1.93. The predicted octanol–water partition coefficient (Wildman–Crippen LogP) is 1.42. The van der Waals surface area contributed by atoms with E-state index >= 15 is 0 Å². The average Bonchev–Trinajstić information content (AvgIpc) is 2.69. The number of nitrogens with zero attached hydrogens (tertiary/aromatic N) is 2. The first-order valence-corrected chi connectivity index (χ1v) is 4.07. The Morgan fingerprint density at radius 1 is 1.23 bits per heavy atom. The highest BCUT2D eigenvalue weighted by Crippen LogP contribution is 2.01. The van der Waals surface area contributed by atoms with Crippen LogP contribution in [0.2, 0.25) is 0 Å². The van der Waals surface area contributed by atoms with E-state index < -0.39 is 0 Å². The fourth-order valence-electron chi connectivity index (χ4n) is 1.05. The third kappa shape index (κ3) is 2.05. The van der Waals surface area contributed by atoms with E-state index in [-0.39, 0.29) is 0 Å². The Morgan fingerprint density at radius 2 is 2.08 bits per heavy atom. The van der Waals surface area contributed by atoms with E-state index in [9.17, 15) is 0 Å². The molecule has 66 valence electrons. The summed E-state index contributed by atoms with van der Waals surface area (Å²) in [5.41, 5.74) is 1.19. The summed E-state index contributed by atoms with van der Waals surface area (Å²) >= 11 is 0. The maximum atomic E-state index is 4.05. The molecule has 0 aliphatic rings. The van der Waals surface area contributed by atoms with Crippen molar-refractivity contribution in [1.82, 2.24) is 15.0 Å². The highest BCUT2D eigenvalue weighted by atomic mass is 15.1. The van der Waals surface area contributed by atoms with Gasteiger partial charge in [-0.25, -0.2) is 4.98 Å². The van der Waals surface area contributed by atoms with Gasteiger partial charge >= 0.3 is 0 Å². The van der Waals surface area contributed by atoms with Crippen molar-refractivity contribution in [2.75, 3.05) is 5.32 Å². The van der Waals surface area contributed by atoms with Gasteiger partial charge in [0.25, 0.3) is 0 Å². The number of imidazole rings is 1. The van der Waals surface area contributed by atoms with Crippen LogP contribution in [0.3, 0.4) is 0 Å². The van der Waals surface area contributed by atoms with Crippen LogP contribution in [0.5, 0.6) is 0 Å². The number of H-pyrrole nitrogens is 1. The molecule has 13 heavy (non-hydrogen) atoms. The number of pyridine rings is 1. The van der Waals surface area contributed by atoms with Gasteiger partial charge in [-0.15, -0.1) is 0 Å². The van der Waals surface area contributed by atoms with Crippen LogP contribution in [0.1, 0.15) is 5.56 Å². The lowest BCUT2D eigenvalue weighted by Crippen LogP contribution is -2.00. The lowest BCUT2D eigenvalue weighted by atomic mass is 10.3. The van der Waals surface area contributed by atoms with Gasteiger partial charge in [-0.3, -0.25) is 4.98 Å². The Bertz CT molecular complexity index is 341. The van der Waals surface area contributed by atoms with Gasteiger partial charge in [0.2, 0.25) is 0 Å². The molecular formula is C9H10N4. The van der Waals surface area contributed by atoms with E-state index in [1.807, 2.05) is 12.1 Å². The van der Waals surface area contributed by atoms with E-state index in [0.29, 0.717) is 0 Å². The van der Waals surface area contributed by atoms with Crippen molar-refractivity contribution >= 4 is 5.95 Å². The van der Waals surface area contributed by atoms with Crippen molar-refractivity contribution in [3.05, 3.63) is 42.5 Å². The van der Waals surface area contributed by atoms with Crippen molar-refractivity contribution in [2.24, 2.45) is 0 Å². The van der Waals surface area contributed by atoms with Crippen molar-refractivity contribution in [1.29, 1.82) is 0 Å². The topological polar surface area (TPSA) is 53.6 Å². The SMILES string of the molecule is c1cc(CNc2ncc[nH]2)ccn1. The summed E-state index contributed by atoms with van der Waals surface area (Å²) in [5, 5.41) is 3.15. The molecule has 0 aromatic carbocycles. The van der Waals surface area contributed by atoms with Crippen LogP contribution in [-0.2, 0) is 6.54 Å². The highest BCUT2D eigenvalue weighted by molar-refractivity contribution is 5.25. The molecular weight excluding hydrogens is 164 g/mol. The first-order chi connectivity index (χ1) is 6.45. The van der Waals surface area contributed by atoms with E-state index in [2.05, 4.69) is 20.3 Å². The molecule has 0 aliphatic heterocycles. The van der Waals surface area contributed by atoms with Crippen LogP contribution < -0.4 is 5.32 Å². The number of anilines is 1. The number of aromatic amines is 1. The molecule has 2 aromatic heterocycles. The zero-order valence-corrected chi connectivity index (χ0v) is 7.07. The minimum atomic E-state index is 0.760. The van der Waals surface area contributed by atoms with Gasteiger partial charge in [0.15, 0.2) is 5.95 Å². The van der Waals surface area contributed by atoms with E-state index in [0.717, 1.165) is 12.5 Å². The molecule has 0 bridgehead atoms. The molecule has 2 heterocycles. The molecule has 0 saturated heterocycles. The van der Waals surface area contributed by atoms with E-state index in [1.54, 1.807) is 24.8 Å². The Balaban J connectivity index is 1.94. The van der Waals surface area contributed by atoms with Crippen molar-refractivity contribution in [2.45, 2.75) is 6.54 Å². The summed E-state index contributed by atoms with van der Waals surface area (Å²) < 4.78 is 0. The lowest BCUT2D eigenvalue weighted by molar-refractivity contribution is 1.08. The molecule has 4 heteroatoms. The largest absolute Gasteiger partial charge is 0.352 e. The maximum Gasteiger partial charge on any atom is 0.200 e.